The minimum Gasteiger partial charge on any atom is -0.385 e. The smallest absolute Gasteiger partial charge is 0.216 e. The van der Waals surface area contributed by atoms with E-state index in [0.29, 0.717) is 19.6 Å². The van der Waals surface area contributed by atoms with E-state index in [0.717, 1.165) is 11.1 Å². The average molecular weight is 286 g/mol. The van der Waals surface area contributed by atoms with E-state index < -0.39 is 10.0 Å². The maximum atomic E-state index is 12.0. The van der Waals surface area contributed by atoms with E-state index in [1.807, 2.05) is 19.1 Å². The van der Waals surface area contributed by atoms with Crippen molar-refractivity contribution in [2.45, 2.75) is 31.7 Å². The molecule has 0 spiro atoms. The summed E-state index contributed by atoms with van der Waals surface area (Å²) in [6.07, 6.45) is 0.655. The van der Waals surface area contributed by atoms with Crippen molar-refractivity contribution >= 4 is 10.0 Å². The van der Waals surface area contributed by atoms with Gasteiger partial charge in [0.15, 0.2) is 0 Å². The highest BCUT2D eigenvalue weighted by molar-refractivity contribution is 7.88. The zero-order valence-corrected chi connectivity index (χ0v) is 12.2. The van der Waals surface area contributed by atoms with Crippen molar-refractivity contribution in [2.75, 3.05) is 13.7 Å². The molecule has 0 aliphatic rings. The third kappa shape index (κ3) is 6.15. The van der Waals surface area contributed by atoms with Crippen LogP contribution in [-0.2, 0) is 27.1 Å². The minimum atomic E-state index is -3.32. The first-order valence-corrected chi connectivity index (χ1v) is 7.89. The molecular formula is C13H22N2O3S. The third-order valence-corrected chi connectivity index (χ3v) is 4.23. The number of nitrogens with two attached hydrogens (primary N) is 1. The Morgan fingerprint density at radius 3 is 2.37 bits per heavy atom. The zero-order chi connectivity index (χ0) is 14.3. The summed E-state index contributed by atoms with van der Waals surface area (Å²) in [7, 11) is -1.72. The van der Waals surface area contributed by atoms with Gasteiger partial charge in [-0.3, -0.25) is 0 Å². The first-order chi connectivity index (χ1) is 8.96. The highest BCUT2D eigenvalue weighted by atomic mass is 32.2. The fourth-order valence-corrected chi connectivity index (χ4v) is 3.14. The second-order valence-electron chi connectivity index (χ2n) is 4.58. The molecule has 1 aromatic rings. The lowest BCUT2D eigenvalue weighted by atomic mass is 10.1. The van der Waals surface area contributed by atoms with Crippen LogP contribution in [0.15, 0.2) is 24.3 Å². The summed E-state index contributed by atoms with van der Waals surface area (Å²) < 4.78 is 31.5. The number of sulfonamides is 1. The van der Waals surface area contributed by atoms with Crippen LogP contribution in [0.25, 0.3) is 0 Å². The lowest BCUT2D eigenvalue weighted by Crippen LogP contribution is -2.34. The van der Waals surface area contributed by atoms with Crippen molar-refractivity contribution in [3.05, 3.63) is 35.4 Å². The third-order valence-electron chi connectivity index (χ3n) is 2.75. The van der Waals surface area contributed by atoms with Crippen LogP contribution in [0.5, 0.6) is 0 Å². The Labute approximate surface area is 115 Å². The molecule has 6 heteroatoms. The van der Waals surface area contributed by atoms with Crippen molar-refractivity contribution in [3.8, 4) is 0 Å². The van der Waals surface area contributed by atoms with E-state index in [9.17, 15) is 8.42 Å². The Morgan fingerprint density at radius 2 is 1.84 bits per heavy atom. The molecule has 0 aliphatic carbocycles. The van der Waals surface area contributed by atoms with Gasteiger partial charge in [-0.15, -0.1) is 0 Å². The monoisotopic (exact) mass is 286 g/mol. The van der Waals surface area contributed by atoms with Crippen LogP contribution < -0.4 is 10.5 Å². The van der Waals surface area contributed by atoms with Crippen molar-refractivity contribution in [1.29, 1.82) is 0 Å². The van der Waals surface area contributed by atoms with Crippen LogP contribution in [-0.4, -0.2) is 28.2 Å². The first-order valence-electron chi connectivity index (χ1n) is 6.23. The highest BCUT2D eigenvalue weighted by Crippen LogP contribution is 2.08. The van der Waals surface area contributed by atoms with E-state index >= 15 is 0 Å². The van der Waals surface area contributed by atoms with Crippen LogP contribution in [0.3, 0.4) is 0 Å². The molecule has 0 amide bonds. The molecule has 1 aromatic carbocycles. The van der Waals surface area contributed by atoms with E-state index in [1.54, 1.807) is 19.2 Å². The molecule has 0 heterocycles. The SMILES string of the molecule is COCCC(C)NS(=O)(=O)Cc1ccc(CN)cc1. The molecule has 1 atom stereocenters. The van der Waals surface area contributed by atoms with Crippen molar-refractivity contribution < 1.29 is 13.2 Å². The molecule has 0 saturated heterocycles. The molecule has 19 heavy (non-hydrogen) atoms. The lowest BCUT2D eigenvalue weighted by molar-refractivity contribution is 0.188. The van der Waals surface area contributed by atoms with Gasteiger partial charge in [0.1, 0.15) is 0 Å². The second kappa shape index (κ2) is 7.59. The molecule has 3 N–H and O–H groups in total. The van der Waals surface area contributed by atoms with Crippen LogP contribution >= 0.6 is 0 Å². The average Bonchev–Trinajstić information content (AvgIpc) is 2.36. The molecule has 0 radical (unpaired) electrons. The normalized spacial score (nSPS) is 13.4. The van der Waals surface area contributed by atoms with Gasteiger partial charge in [-0.2, -0.15) is 0 Å². The largest absolute Gasteiger partial charge is 0.385 e. The number of nitrogens with one attached hydrogen (secondary N) is 1. The van der Waals surface area contributed by atoms with Gasteiger partial charge in [-0.05, 0) is 24.5 Å². The van der Waals surface area contributed by atoms with Gasteiger partial charge in [-0.25, -0.2) is 13.1 Å². The van der Waals surface area contributed by atoms with Crippen molar-refractivity contribution in [1.82, 2.24) is 4.72 Å². The standard InChI is InChI=1S/C13H22N2O3S/c1-11(7-8-18-2)15-19(16,17)10-13-5-3-12(9-14)4-6-13/h3-6,11,15H,7-10,14H2,1-2H3. The van der Waals surface area contributed by atoms with Crippen LogP contribution in [0, 0.1) is 0 Å². The summed E-state index contributed by atoms with van der Waals surface area (Å²) >= 11 is 0. The number of rotatable bonds is 8. The summed E-state index contributed by atoms with van der Waals surface area (Å²) in [5, 5.41) is 0. The molecule has 0 aliphatic heterocycles. The summed E-state index contributed by atoms with van der Waals surface area (Å²) in [6.45, 7) is 2.82. The van der Waals surface area contributed by atoms with Crippen molar-refractivity contribution in [2.24, 2.45) is 5.73 Å². The van der Waals surface area contributed by atoms with E-state index in [2.05, 4.69) is 4.72 Å². The summed E-state index contributed by atoms with van der Waals surface area (Å²) in [5.74, 6) is -0.0187. The Bertz CT molecular complexity index is 471. The minimum absolute atomic E-state index is 0.0187. The summed E-state index contributed by atoms with van der Waals surface area (Å²) in [5.41, 5.74) is 7.24. The van der Waals surface area contributed by atoms with Crippen LogP contribution in [0.2, 0.25) is 0 Å². The summed E-state index contributed by atoms with van der Waals surface area (Å²) in [6, 6.07) is 7.15. The first kappa shape index (κ1) is 16.1. The number of hydrogen-bond acceptors (Lipinski definition) is 4. The Hall–Kier alpha value is -0.950. The number of benzene rings is 1. The van der Waals surface area contributed by atoms with E-state index in [-0.39, 0.29) is 11.8 Å². The van der Waals surface area contributed by atoms with Crippen molar-refractivity contribution in [3.63, 3.8) is 0 Å². The summed E-state index contributed by atoms with van der Waals surface area (Å²) in [4.78, 5) is 0. The molecule has 1 rings (SSSR count). The molecule has 5 nitrogen and oxygen atoms in total. The molecule has 108 valence electrons. The maximum Gasteiger partial charge on any atom is 0.216 e. The molecule has 0 saturated carbocycles. The van der Waals surface area contributed by atoms with Gasteiger partial charge in [0.05, 0.1) is 5.75 Å². The molecule has 0 fully saturated rings. The fraction of sp³-hybridized carbons (Fsp3) is 0.538. The van der Waals surface area contributed by atoms with Gasteiger partial charge < -0.3 is 10.5 Å². The van der Waals surface area contributed by atoms with Gasteiger partial charge in [0.2, 0.25) is 10.0 Å². The number of ether oxygens (including phenoxy) is 1. The number of methoxy groups -OCH3 is 1. The van der Waals surface area contributed by atoms with E-state index in [1.165, 1.54) is 0 Å². The molecule has 1 unspecified atom stereocenters. The molecule has 0 bridgehead atoms. The fourth-order valence-electron chi connectivity index (χ4n) is 1.69. The van der Waals surface area contributed by atoms with Gasteiger partial charge in [0, 0.05) is 26.3 Å². The second-order valence-corrected chi connectivity index (χ2v) is 6.33. The lowest BCUT2D eigenvalue weighted by Gasteiger charge is -2.13. The zero-order valence-electron chi connectivity index (χ0n) is 11.4. The van der Waals surface area contributed by atoms with E-state index in [4.69, 9.17) is 10.5 Å². The van der Waals surface area contributed by atoms with Gasteiger partial charge >= 0.3 is 0 Å². The molecule has 0 aromatic heterocycles. The predicted molar refractivity (Wildman–Crippen MR) is 76.0 cm³/mol. The van der Waals surface area contributed by atoms with Gasteiger partial charge in [-0.1, -0.05) is 24.3 Å². The highest BCUT2D eigenvalue weighted by Gasteiger charge is 2.15. The molecular weight excluding hydrogens is 264 g/mol. The predicted octanol–water partition coefficient (Wildman–Crippen LogP) is 0.990. The Kier molecular flexibility index (Phi) is 6.44. The Balaban J connectivity index is 2.58. The van der Waals surface area contributed by atoms with Crippen LogP contribution in [0.4, 0.5) is 0 Å². The van der Waals surface area contributed by atoms with Crippen LogP contribution in [0.1, 0.15) is 24.5 Å². The quantitative estimate of drug-likeness (QED) is 0.746. The maximum absolute atomic E-state index is 12.0. The Morgan fingerprint density at radius 1 is 1.26 bits per heavy atom. The number of hydrogen-bond donors (Lipinski definition) is 2. The topological polar surface area (TPSA) is 81.4 Å². The van der Waals surface area contributed by atoms with Gasteiger partial charge in [0.25, 0.3) is 0 Å².